The summed E-state index contributed by atoms with van der Waals surface area (Å²) < 4.78 is 11.6. The maximum Gasteiger partial charge on any atom is 0.269 e. The molecule has 0 aliphatic carbocycles. The Labute approximate surface area is 149 Å². The number of ether oxygens (including phenoxy) is 2. The van der Waals surface area contributed by atoms with E-state index in [1.54, 1.807) is 12.1 Å². The van der Waals surface area contributed by atoms with Crippen LogP contribution in [-0.4, -0.2) is 48.3 Å². The highest BCUT2D eigenvalue weighted by Gasteiger charge is 2.27. The zero-order valence-electron chi connectivity index (χ0n) is 15.1. The number of hydrogen-bond donors (Lipinski definition) is 0. The minimum absolute atomic E-state index is 0.171. The van der Waals surface area contributed by atoms with Gasteiger partial charge in [0.05, 0.1) is 17.1 Å². The summed E-state index contributed by atoms with van der Waals surface area (Å²) in [6.45, 7) is 7.73. The van der Waals surface area contributed by atoms with Gasteiger partial charge >= 0.3 is 0 Å². The lowest BCUT2D eigenvalue weighted by Crippen LogP contribution is -2.40. The molecule has 1 aromatic carbocycles. The van der Waals surface area contributed by atoms with Crippen molar-refractivity contribution in [2.75, 3.05) is 26.3 Å². The van der Waals surface area contributed by atoms with E-state index in [4.69, 9.17) is 9.47 Å². The van der Waals surface area contributed by atoms with Gasteiger partial charge in [-0.15, -0.1) is 0 Å². The minimum Gasteiger partial charge on any atom is -0.381 e. The third kappa shape index (κ3) is 4.57. The highest BCUT2D eigenvalue weighted by molar-refractivity contribution is 5.40. The second-order valence-electron chi connectivity index (χ2n) is 7.16. The smallest absolute Gasteiger partial charge is 0.269 e. The van der Waals surface area contributed by atoms with Crippen LogP contribution in [0.15, 0.2) is 18.2 Å². The second-order valence-corrected chi connectivity index (χ2v) is 7.16. The molecule has 0 radical (unpaired) electrons. The summed E-state index contributed by atoms with van der Waals surface area (Å²) in [4.78, 5) is 13.2. The summed E-state index contributed by atoms with van der Waals surface area (Å²) in [5.74, 6) is 0. The highest BCUT2D eigenvalue weighted by Crippen LogP contribution is 2.30. The van der Waals surface area contributed by atoms with Crippen molar-refractivity contribution in [2.45, 2.75) is 57.8 Å². The maximum absolute atomic E-state index is 11.1. The number of rotatable bonds is 5. The van der Waals surface area contributed by atoms with Gasteiger partial charge < -0.3 is 9.47 Å². The van der Waals surface area contributed by atoms with Crippen molar-refractivity contribution in [1.29, 1.82) is 0 Å². The fourth-order valence-corrected chi connectivity index (χ4v) is 3.87. The molecule has 2 saturated heterocycles. The molecule has 0 aromatic heterocycles. The van der Waals surface area contributed by atoms with Crippen molar-refractivity contribution in [3.8, 4) is 0 Å². The third-order valence-corrected chi connectivity index (χ3v) is 5.50. The molecule has 25 heavy (non-hydrogen) atoms. The summed E-state index contributed by atoms with van der Waals surface area (Å²) in [7, 11) is 0. The van der Waals surface area contributed by atoms with E-state index in [0.29, 0.717) is 12.2 Å². The lowest BCUT2D eigenvalue weighted by molar-refractivity contribution is -0.385. The number of nitro groups is 1. The Bertz CT molecular complexity index is 593. The van der Waals surface area contributed by atoms with Gasteiger partial charge in [0.1, 0.15) is 0 Å². The Hall–Kier alpha value is -1.50. The van der Waals surface area contributed by atoms with Gasteiger partial charge in [0.15, 0.2) is 0 Å². The normalized spacial score (nSPS) is 22.0. The number of hydrogen-bond acceptors (Lipinski definition) is 5. The standard InChI is InChI=1S/C19H28N2O4/c1-14-3-4-16(21(22)23)13-19(14)15(2)20-9-5-17(6-10-20)25-18-7-11-24-12-8-18/h3-4,13,15,17-18H,5-12H2,1-2H3/t15-/m0/s1. The molecule has 0 N–H and O–H groups in total. The first-order chi connectivity index (χ1) is 12.0. The molecule has 1 atom stereocenters. The van der Waals surface area contributed by atoms with E-state index >= 15 is 0 Å². The van der Waals surface area contributed by atoms with Gasteiger partial charge in [-0.2, -0.15) is 0 Å². The topological polar surface area (TPSA) is 64.8 Å². The molecule has 2 aliphatic rings. The summed E-state index contributed by atoms with van der Waals surface area (Å²) in [6.07, 6.45) is 4.73. The summed E-state index contributed by atoms with van der Waals surface area (Å²) in [5.41, 5.74) is 2.34. The van der Waals surface area contributed by atoms with Crippen LogP contribution >= 0.6 is 0 Å². The Morgan fingerprint density at radius 3 is 2.48 bits per heavy atom. The number of nitro benzene ring substituents is 1. The molecule has 0 saturated carbocycles. The van der Waals surface area contributed by atoms with Gasteiger partial charge in [-0.3, -0.25) is 15.0 Å². The molecule has 6 nitrogen and oxygen atoms in total. The molecule has 2 heterocycles. The fourth-order valence-electron chi connectivity index (χ4n) is 3.87. The third-order valence-electron chi connectivity index (χ3n) is 5.50. The lowest BCUT2D eigenvalue weighted by Gasteiger charge is -2.38. The van der Waals surface area contributed by atoms with E-state index < -0.39 is 0 Å². The van der Waals surface area contributed by atoms with E-state index in [9.17, 15) is 10.1 Å². The highest BCUT2D eigenvalue weighted by atomic mass is 16.6. The zero-order chi connectivity index (χ0) is 17.8. The average molecular weight is 348 g/mol. The largest absolute Gasteiger partial charge is 0.381 e. The van der Waals surface area contributed by atoms with Gasteiger partial charge in [-0.25, -0.2) is 0 Å². The van der Waals surface area contributed by atoms with Gasteiger partial charge in [-0.05, 0) is 50.7 Å². The number of piperidine rings is 1. The molecule has 0 spiro atoms. The maximum atomic E-state index is 11.1. The molecule has 3 rings (SSSR count). The predicted octanol–water partition coefficient (Wildman–Crippen LogP) is 3.62. The van der Waals surface area contributed by atoms with Crippen LogP contribution in [-0.2, 0) is 9.47 Å². The summed E-state index contributed by atoms with van der Waals surface area (Å²) in [6, 6.07) is 5.35. The molecule has 138 valence electrons. The second kappa shape index (κ2) is 8.25. The number of aryl methyl sites for hydroxylation is 1. The molecule has 0 bridgehead atoms. The van der Waals surface area contributed by atoms with E-state index in [2.05, 4.69) is 11.8 Å². The Morgan fingerprint density at radius 2 is 1.84 bits per heavy atom. The molecular formula is C19H28N2O4. The fraction of sp³-hybridized carbons (Fsp3) is 0.684. The quantitative estimate of drug-likeness (QED) is 0.600. The van der Waals surface area contributed by atoms with Gasteiger partial charge in [0, 0.05) is 44.5 Å². The molecule has 2 fully saturated rings. The molecule has 6 heteroatoms. The Morgan fingerprint density at radius 1 is 1.20 bits per heavy atom. The van der Waals surface area contributed by atoms with Crippen molar-refractivity contribution >= 4 is 5.69 Å². The molecular weight excluding hydrogens is 320 g/mol. The van der Waals surface area contributed by atoms with E-state index in [0.717, 1.165) is 63.1 Å². The zero-order valence-corrected chi connectivity index (χ0v) is 15.1. The first-order valence-corrected chi connectivity index (χ1v) is 9.27. The van der Waals surface area contributed by atoms with Crippen LogP contribution in [0.25, 0.3) is 0 Å². The van der Waals surface area contributed by atoms with E-state index in [-0.39, 0.29) is 16.7 Å². The number of non-ortho nitro benzene ring substituents is 1. The molecule has 0 unspecified atom stereocenters. The SMILES string of the molecule is Cc1ccc([N+](=O)[O-])cc1[C@H](C)N1CCC(OC2CCOCC2)CC1. The van der Waals surface area contributed by atoms with Crippen LogP contribution in [0.3, 0.4) is 0 Å². The Kier molecular flexibility index (Phi) is 6.04. The summed E-state index contributed by atoms with van der Waals surface area (Å²) >= 11 is 0. The van der Waals surface area contributed by atoms with Gasteiger partial charge in [0.2, 0.25) is 0 Å². The first-order valence-electron chi connectivity index (χ1n) is 9.27. The van der Waals surface area contributed by atoms with Crippen molar-refractivity contribution < 1.29 is 14.4 Å². The monoisotopic (exact) mass is 348 g/mol. The average Bonchev–Trinajstić information content (AvgIpc) is 2.63. The van der Waals surface area contributed by atoms with Crippen molar-refractivity contribution in [3.63, 3.8) is 0 Å². The van der Waals surface area contributed by atoms with Crippen molar-refractivity contribution in [1.82, 2.24) is 4.90 Å². The van der Waals surface area contributed by atoms with Crippen LogP contribution in [0, 0.1) is 17.0 Å². The minimum atomic E-state index is -0.316. The van der Waals surface area contributed by atoms with Crippen LogP contribution in [0.1, 0.15) is 49.8 Å². The van der Waals surface area contributed by atoms with Crippen molar-refractivity contribution in [3.05, 3.63) is 39.4 Å². The predicted molar refractivity (Wildman–Crippen MR) is 95.8 cm³/mol. The lowest BCUT2D eigenvalue weighted by atomic mass is 9.97. The van der Waals surface area contributed by atoms with Crippen LogP contribution in [0.5, 0.6) is 0 Å². The van der Waals surface area contributed by atoms with E-state index in [1.165, 1.54) is 0 Å². The molecule has 1 aromatic rings. The molecule has 0 amide bonds. The molecule has 2 aliphatic heterocycles. The van der Waals surface area contributed by atoms with Crippen molar-refractivity contribution in [2.24, 2.45) is 0 Å². The van der Waals surface area contributed by atoms with Crippen LogP contribution in [0.2, 0.25) is 0 Å². The van der Waals surface area contributed by atoms with Gasteiger partial charge in [0.25, 0.3) is 5.69 Å². The van der Waals surface area contributed by atoms with Crippen LogP contribution in [0.4, 0.5) is 5.69 Å². The van der Waals surface area contributed by atoms with Gasteiger partial charge in [-0.1, -0.05) is 6.07 Å². The number of nitrogens with zero attached hydrogens (tertiary/aromatic N) is 2. The first kappa shape index (κ1) is 18.3. The van der Waals surface area contributed by atoms with Crippen LogP contribution < -0.4 is 0 Å². The number of likely N-dealkylation sites (tertiary alicyclic amines) is 1. The van der Waals surface area contributed by atoms with E-state index in [1.807, 2.05) is 13.0 Å². The number of benzene rings is 1. The summed E-state index contributed by atoms with van der Waals surface area (Å²) in [5, 5.41) is 11.1. The Balaban J connectivity index is 1.57.